The van der Waals surface area contributed by atoms with Crippen molar-refractivity contribution in [2.45, 2.75) is 38.4 Å². The fraction of sp³-hybridized carbons (Fsp3) is 0.292. The van der Waals surface area contributed by atoms with E-state index >= 15 is 0 Å². The molecule has 2 amide bonds. The first kappa shape index (κ1) is 21.8. The molecule has 0 radical (unpaired) electrons. The van der Waals surface area contributed by atoms with Gasteiger partial charge in [0.05, 0.1) is 5.57 Å². The van der Waals surface area contributed by atoms with Gasteiger partial charge in [-0.15, -0.1) is 0 Å². The average Bonchev–Trinajstić information content (AvgIpc) is 2.97. The number of amides is 2. The number of rotatable bonds is 3. The number of carbonyl (C=O) groups excluding carboxylic acids is 3. The summed E-state index contributed by atoms with van der Waals surface area (Å²) >= 11 is 0. The molecule has 2 aliphatic rings. The first-order valence-electron chi connectivity index (χ1n) is 10.1. The van der Waals surface area contributed by atoms with E-state index in [0.29, 0.717) is 0 Å². The van der Waals surface area contributed by atoms with Crippen LogP contribution in [-0.4, -0.2) is 29.3 Å². The summed E-state index contributed by atoms with van der Waals surface area (Å²) in [7, 11) is 0. The molecular weight excluding hydrogens is 421 g/mol. The Bertz CT molecular complexity index is 1120. The number of carbonyl (C=O) groups is 3. The Morgan fingerprint density at radius 2 is 1.50 bits per heavy atom. The second-order valence-electron chi connectivity index (χ2n) is 8.81. The highest BCUT2D eigenvalue weighted by Gasteiger charge is 2.71. The van der Waals surface area contributed by atoms with E-state index < -0.39 is 40.3 Å². The molecule has 1 atom stereocenters. The van der Waals surface area contributed by atoms with Gasteiger partial charge in [0.1, 0.15) is 0 Å². The molecule has 1 N–H and O–H groups in total. The number of para-hydroxylation sites is 1. The van der Waals surface area contributed by atoms with E-state index in [1.54, 1.807) is 38.1 Å². The Morgan fingerprint density at radius 1 is 0.938 bits per heavy atom. The van der Waals surface area contributed by atoms with E-state index in [2.05, 4.69) is 0 Å². The lowest BCUT2D eigenvalue weighted by Crippen LogP contribution is -2.66. The van der Waals surface area contributed by atoms with Gasteiger partial charge in [-0.25, -0.2) is 0 Å². The van der Waals surface area contributed by atoms with Gasteiger partial charge in [-0.1, -0.05) is 50.2 Å². The number of benzene rings is 2. The highest BCUT2D eigenvalue weighted by molar-refractivity contribution is 6.21. The Kier molecular flexibility index (Phi) is 4.99. The lowest BCUT2D eigenvalue weighted by molar-refractivity contribution is -0.186. The summed E-state index contributed by atoms with van der Waals surface area (Å²) in [5.74, 6) is -3.29. The number of allylic oxidation sites excluding steroid dienone is 1. The molecule has 0 fully saturated rings. The molecular formula is C24H21F3N2O3. The van der Waals surface area contributed by atoms with Gasteiger partial charge in [-0.2, -0.15) is 13.2 Å². The monoisotopic (exact) mass is 442 g/mol. The van der Waals surface area contributed by atoms with Crippen LogP contribution >= 0.6 is 0 Å². The number of nitrogens with zero attached hydrogens (tertiary/aromatic N) is 1. The Balaban J connectivity index is 1.95. The van der Waals surface area contributed by atoms with Crippen LogP contribution in [0.3, 0.4) is 0 Å². The van der Waals surface area contributed by atoms with Crippen LogP contribution in [0.4, 0.5) is 18.9 Å². The van der Waals surface area contributed by atoms with Crippen LogP contribution in [0.25, 0.3) is 0 Å². The second kappa shape index (κ2) is 7.32. The summed E-state index contributed by atoms with van der Waals surface area (Å²) in [6.07, 6.45) is -5.33. The summed E-state index contributed by atoms with van der Waals surface area (Å²) in [6, 6.07) is 15.2. The summed E-state index contributed by atoms with van der Waals surface area (Å²) in [4.78, 5) is 40.4. The maximum Gasteiger partial charge on any atom is 0.425 e. The first-order chi connectivity index (χ1) is 15.0. The SMILES string of the molecule is CC1(C)CC(=O)C2=C(C1)N(c1ccccc1)C(=O)C2(NC(=O)c1ccccc1)C(F)(F)F. The predicted molar refractivity (Wildman–Crippen MR) is 112 cm³/mol. The van der Waals surface area contributed by atoms with E-state index in [4.69, 9.17) is 0 Å². The number of alkyl halides is 3. The van der Waals surface area contributed by atoms with Crippen LogP contribution in [0.2, 0.25) is 0 Å². The summed E-state index contributed by atoms with van der Waals surface area (Å²) in [5.41, 5.74) is -4.66. The zero-order valence-corrected chi connectivity index (χ0v) is 17.5. The largest absolute Gasteiger partial charge is 0.425 e. The molecule has 32 heavy (non-hydrogen) atoms. The topological polar surface area (TPSA) is 66.5 Å². The number of halogens is 3. The maximum absolute atomic E-state index is 14.7. The van der Waals surface area contributed by atoms with Crippen molar-refractivity contribution in [3.05, 3.63) is 77.5 Å². The minimum atomic E-state index is -5.24. The van der Waals surface area contributed by atoms with Crippen LogP contribution < -0.4 is 10.2 Å². The number of hydrogen-bond donors (Lipinski definition) is 1. The quantitative estimate of drug-likeness (QED) is 0.766. The third kappa shape index (κ3) is 3.30. The van der Waals surface area contributed by atoms with Crippen molar-refractivity contribution in [2.75, 3.05) is 4.90 Å². The van der Waals surface area contributed by atoms with Crippen molar-refractivity contribution >= 4 is 23.3 Å². The standard InChI is InChI=1S/C24H21F3N2O3/c1-22(2)13-17-19(18(30)14-22)23(24(25,26)27,28-20(31)15-9-5-3-6-10-15)21(32)29(17)16-11-7-4-8-12-16/h3-12H,13-14H2,1-2H3,(H,28,31). The molecule has 2 aromatic carbocycles. The van der Waals surface area contributed by atoms with E-state index in [1.165, 1.54) is 36.4 Å². The fourth-order valence-corrected chi connectivity index (χ4v) is 4.43. The maximum atomic E-state index is 14.7. The summed E-state index contributed by atoms with van der Waals surface area (Å²) in [5, 5.41) is 1.92. The number of Topliss-reactive ketones (excluding diaryl/α,β-unsaturated/α-hetero) is 1. The van der Waals surface area contributed by atoms with Crippen LogP contribution in [0.15, 0.2) is 71.9 Å². The van der Waals surface area contributed by atoms with E-state index in [0.717, 1.165) is 4.90 Å². The summed E-state index contributed by atoms with van der Waals surface area (Å²) < 4.78 is 44.2. The number of nitrogens with one attached hydrogen (secondary N) is 1. The van der Waals surface area contributed by atoms with Crippen LogP contribution in [0, 0.1) is 5.41 Å². The van der Waals surface area contributed by atoms with Crippen molar-refractivity contribution in [3.63, 3.8) is 0 Å². The third-order valence-corrected chi connectivity index (χ3v) is 5.80. The number of ketones is 1. The molecule has 0 bridgehead atoms. The molecule has 5 nitrogen and oxygen atoms in total. The van der Waals surface area contributed by atoms with Gasteiger partial charge in [-0.05, 0) is 36.1 Å². The van der Waals surface area contributed by atoms with Crippen molar-refractivity contribution in [2.24, 2.45) is 5.41 Å². The fourth-order valence-electron chi connectivity index (χ4n) is 4.43. The molecule has 1 aliphatic carbocycles. The molecule has 1 aliphatic heterocycles. The third-order valence-electron chi connectivity index (χ3n) is 5.80. The smallest absolute Gasteiger partial charge is 0.326 e. The van der Waals surface area contributed by atoms with Crippen LogP contribution in [-0.2, 0) is 9.59 Å². The van der Waals surface area contributed by atoms with Crippen molar-refractivity contribution < 1.29 is 27.6 Å². The van der Waals surface area contributed by atoms with Gasteiger partial charge < -0.3 is 5.32 Å². The minimum absolute atomic E-state index is 0.0202. The van der Waals surface area contributed by atoms with E-state index in [-0.39, 0.29) is 29.8 Å². The molecule has 166 valence electrons. The summed E-state index contributed by atoms with van der Waals surface area (Å²) in [6.45, 7) is 3.52. The Morgan fingerprint density at radius 3 is 2.06 bits per heavy atom. The zero-order valence-electron chi connectivity index (χ0n) is 17.5. The predicted octanol–water partition coefficient (Wildman–Crippen LogP) is 4.41. The lowest BCUT2D eigenvalue weighted by Gasteiger charge is -2.35. The van der Waals surface area contributed by atoms with Gasteiger partial charge in [0, 0.05) is 23.4 Å². The molecule has 0 spiro atoms. The van der Waals surface area contributed by atoms with Crippen molar-refractivity contribution in [1.82, 2.24) is 5.32 Å². The lowest BCUT2D eigenvalue weighted by atomic mass is 9.72. The van der Waals surface area contributed by atoms with Crippen molar-refractivity contribution in [3.8, 4) is 0 Å². The van der Waals surface area contributed by atoms with E-state index in [9.17, 15) is 27.6 Å². The molecule has 0 aromatic heterocycles. The molecule has 4 rings (SSSR count). The van der Waals surface area contributed by atoms with Crippen LogP contribution in [0.1, 0.15) is 37.0 Å². The molecule has 2 aromatic rings. The van der Waals surface area contributed by atoms with Gasteiger partial charge in [0.15, 0.2) is 5.78 Å². The molecule has 1 heterocycles. The van der Waals surface area contributed by atoms with Gasteiger partial charge >= 0.3 is 6.18 Å². The Hall–Kier alpha value is -3.42. The van der Waals surface area contributed by atoms with Gasteiger partial charge in [0.2, 0.25) is 5.54 Å². The second-order valence-corrected chi connectivity index (χ2v) is 8.81. The minimum Gasteiger partial charge on any atom is -0.326 e. The van der Waals surface area contributed by atoms with E-state index in [1.807, 2.05) is 5.32 Å². The molecule has 0 saturated carbocycles. The van der Waals surface area contributed by atoms with Gasteiger partial charge in [-0.3, -0.25) is 19.3 Å². The molecule has 1 unspecified atom stereocenters. The number of anilines is 1. The van der Waals surface area contributed by atoms with Gasteiger partial charge in [0.25, 0.3) is 11.8 Å². The Labute approximate surface area is 182 Å². The zero-order chi connectivity index (χ0) is 23.3. The number of hydrogen-bond acceptors (Lipinski definition) is 3. The first-order valence-corrected chi connectivity index (χ1v) is 10.1. The molecule has 0 saturated heterocycles. The molecule has 8 heteroatoms. The average molecular weight is 442 g/mol. The highest BCUT2D eigenvalue weighted by atomic mass is 19.4. The van der Waals surface area contributed by atoms with Crippen molar-refractivity contribution in [1.29, 1.82) is 0 Å². The normalized spacial score (nSPS) is 22.7. The van der Waals surface area contributed by atoms with Crippen LogP contribution in [0.5, 0.6) is 0 Å². The highest BCUT2D eigenvalue weighted by Crippen LogP contribution is 2.52.